The zero-order chi connectivity index (χ0) is 11.4. The zero-order valence-corrected chi connectivity index (χ0v) is 9.86. The number of aliphatic hydroxyl groups excluding tert-OH is 1. The second kappa shape index (κ2) is 5.46. The van der Waals surface area contributed by atoms with Gasteiger partial charge in [0.15, 0.2) is 0 Å². The monoisotopic (exact) mass is 220 g/mol. The first-order valence-electron chi connectivity index (χ1n) is 6.19. The molecular weight excluding hydrogens is 200 g/mol. The van der Waals surface area contributed by atoms with Crippen LogP contribution in [0.15, 0.2) is 24.3 Å². The first-order chi connectivity index (χ1) is 7.81. The molecule has 2 heteroatoms. The minimum Gasteiger partial charge on any atom is -0.386 e. The predicted molar refractivity (Wildman–Crippen MR) is 64.4 cm³/mol. The lowest BCUT2D eigenvalue weighted by Crippen LogP contribution is -2.16. The summed E-state index contributed by atoms with van der Waals surface area (Å²) in [6, 6.07) is 8.27. The molecule has 2 nitrogen and oxygen atoms in total. The Balaban J connectivity index is 2.02. The molecule has 1 heterocycles. The normalized spacial score (nSPS) is 22.2. The molecule has 88 valence electrons. The lowest BCUT2D eigenvalue weighted by molar-refractivity contribution is -0.00259. The molecule has 1 aliphatic heterocycles. The van der Waals surface area contributed by atoms with E-state index in [0.29, 0.717) is 0 Å². The van der Waals surface area contributed by atoms with Gasteiger partial charge in [0.05, 0.1) is 6.10 Å². The van der Waals surface area contributed by atoms with Gasteiger partial charge in [0.2, 0.25) is 0 Å². The average Bonchev–Trinajstić information content (AvgIpc) is 2.83. The number of rotatable bonds is 4. The smallest absolute Gasteiger partial charge is 0.105 e. The van der Waals surface area contributed by atoms with Crippen molar-refractivity contribution in [2.24, 2.45) is 0 Å². The molecule has 1 aromatic rings. The fourth-order valence-electron chi connectivity index (χ4n) is 2.24. The van der Waals surface area contributed by atoms with E-state index in [-0.39, 0.29) is 6.10 Å². The van der Waals surface area contributed by atoms with Crippen LogP contribution in [0.4, 0.5) is 0 Å². The zero-order valence-electron chi connectivity index (χ0n) is 9.86. The fraction of sp³-hybridized carbons (Fsp3) is 0.571. The summed E-state index contributed by atoms with van der Waals surface area (Å²) in [6.07, 6.45) is 3.84. The summed E-state index contributed by atoms with van der Waals surface area (Å²) < 4.78 is 5.50. The number of ether oxygens (including phenoxy) is 1. The lowest BCUT2D eigenvalue weighted by Gasteiger charge is -2.17. The van der Waals surface area contributed by atoms with Crippen LogP contribution in [0, 0.1) is 0 Å². The van der Waals surface area contributed by atoms with E-state index in [1.165, 1.54) is 5.56 Å². The molecule has 1 N–H and O–H groups in total. The van der Waals surface area contributed by atoms with Gasteiger partial charge in [0.25, 0.3) is 0 Å². The van der Waals surface area contributed by atoms with Crippen molar-refractivity contribution < 1.29 is 9.84 Å². The van der Waals surface area contributed by atoms with Crippen molar-refractivity contribution in [1.29, 1.82) is 0 Å². The fourth-order valence-corrected chi connectivity index (χ4v) is 2.24. The van der Waals surface area contributed by atoms with Crippen molar-refractivity contribution >= 4 is 0 Å². The van der Waals surface area contributed by atoms with Crippen molar-refractivity contribution in [2.75, 3.05) is 6.61 Å². The van der Waals surface area contributed by atoms with Crippen molar-refractivity contribution in [1.82, 2.24) is 0 Å². The Morgan fingerprint density at radius 1 is 1.38 bits per heavy atom. The Morgan fingerprint density at radius 2 is 2.12 bits per heavy atom. The quantitative estimate of drug-likeness (QED) is 0.845. The van der Waals surface area contributed by atoms with Crippen molar-refractivity contribution in [3.05, 3.63) is 35.4 Å². The number of aryl methyl sites for hydroxylation is 1. The van der Waals surface area contributed by atoms with Gasteiger partial charge < -0.3 is 9.84 Å². The van der Waals surface area contributed by atoms with Gasteiger partial charge in [0.1, 0.15) is 6.10 Å². The minimum atomic E-state index is -0.460. The highest BCUT2D eigenvalue weighted by atomic mass is 16.5. The van der Waals surface area contributed by atoms with Crippen LogP contribution < -0.4 is 0 Å². The van der Waals surface area contributed by atoms with Gasteiger partial charge in [0, 0.05) is 6.61 Å². The summed E-state index contributed by atoms with van der Waals surface area (Å²) in [5, 5.41) is 10.1. The highest BCUT2D eigenvalue weighted by Crippen LogP contribution is 2.26. The van der Waals surface area contributed by atoms with Gasteiger partial charge in [-0.15, -0.1) is 0 Å². The highest BCUT2D eigenvalue weighted by Gasteiger charge is 2.25. The second-order valence-electron chi connectivity index (χ2n) is 4.49. The third kappa shape index (κ3) is 2.63. The average molecular weight is 220 g/mol. The first-order valence-corrected chi connectivity index (χ1v) is 6.19. The van der Waals surface area contributed by atoms with Crippen molar-refractivity contribution in [2.45, 2.75) is 44.8 Å². The standard InChI is InChI=1S/C14H20O2/c1-2-4-11-6-8-12(9-7-11)14(15)13-5-3-10-16-13/h6-9,13-15H,2-5,10H2,1H3. The van der Waals surface area contributed by atoms with E-state index in [2.05, 4.69) is 19.1 Å². The molecule has 1 saturated heterocycles. The van der Waals surface area contributed by atoms with Gasteiger partial charge in [-0.25, -0.2) is 0 Å². The molecule has 0 saturated carbocycles. The maximum absolute atomic E-state index is 10.1. The number of hydrogen-bond donors (Lipinski definition) is 1. The molecule has 0 aromatic heterocycles. The van der Waals surface area contributed by atoms with Crippen LogP contribution in [0.5, 0.6) is 0 Å². The van der Waals surface area contributed by atoms with Crippen LogP contribution in [-0.2, 0) is 11.2 Å². The van der Waals surface area contributed by atoms with E-state index in [0.717, 1.165) is 37.9 Å². The topological polar surface area (TPSA) is 29.5 Å². The van der Waals surface area contributed by atoms with Crippen LogP contribution in [0.3, 0.4) is 0 Å². The third-order valence-electron chi connectivity index (χ3n) is 3.18. The molecule has 0 amide bonds. The van der Waals surface area contributed by atoms with Crippen LogP contribution in [0.2, 0.25) is 0 Å². The molecule has 0 aliphatic carbocycles. The van der Waals surface area contributed by atoms with Crippen molar-refractivity contribution in [3.63, 3.8) is 0 Å². The van der Waals surface area contributed by atoms with Crippen LogP contribution in [0.1, 0.15) is 43.4 Å². The van der Waals surface area contributed by atoms with E-state index in [4.69, 9.17) is 4.74 Å². The van der Waals surface area contributed by atoms with E-state index in [9.17, 15) is 5.11 Å². The second-order valence-corrected chi connectivity index (χ2v) is 4.49. The Labute approximate surface area is 97.3 Å². The first kappa shape index (κ1) is 11.6. The Kier molecular flexibility index (Phi) is 3.97. The van der Waals surface area contributed by atoms with Crippen molar-refractivity contribution in [3.8, 4) is 0 Å². The van der Waals surface area contributed by atoms with Gasteiger partial charge in [-0.05, 0) is 30.4 Å². The SMILES string of the molecule is CCCc1ccc(C(O)C2CCCO2)cc1. The summed E-state index contributed by atoms with van der Waals surface area (Å²) in [5.74, 6) is 0. The molecule has 1 aromatic carbocycles. The van der Waals surface area contributed by atoms with Crippen LogP contribution in [-0.4, -0.2) is 17.8 Å². The summed E-state index contributed by atoms with van der Waals surface area (Å²) in [5.41, 5.74) is 2.32. The molecule has 2 atom stereocenters. The summed E-state index contributed by atoms with van der Waals surface area (Å²) >= 11 is 0. The third-order valence-corrected chi connectivity index (χ3v) is 3.18. The van der Waals surface area contributed by atoms with Gasteiger partial charge in [-0.2, -0.15) is 0 Å². The molecule has 0 spiro atoms. The van der Waals surface area contributed by atoms with E-state index < -0.39 is 6.10 Å². The molecule has 0 radical (unpaired) electrons. The highest BCUT2D eigenvalue weighted by molar-refractivity contribution is 5.25. The Bertz CT molecular complexity index is 312. The molecule has 1 aliphatic rings. The molecular formula is C14H20O2. The maximum atomic E-state index is 10.1. The number of benzene rings is 1. The largest absolute Gasteiger partial charge is 0.386 e. The Hall–Kier alpha value is -0.860. The summed E-state index contributed by atoms with van der Waals surface area (Å²) in [7, 11) is 0. The number of hydrogen-bond acceptors (Lipinski definition) is 2. The van der Waals surface area contributed by atoms with E-state index >= 15 is 0 Å². The van der Waals surface area contributed by atoms with Gasteiger partial charge in [-0.3, -0.25) is 0 Å². The summed E-state index contributed by atoms with van der Waals surface area (Å²) in [6.45, 7) is 2.96. The Morgan fingerprint density at radius 3 is 2.69 bits per heavy atom. The van der Waals surface area contributed by atoms with Gasteiger partial charge in [-0.1, -0.05) is 37.6 Å². The number of aliphatic hydroxyl groups is 1. The molecule has 0 bridgehead atoms. The lowest BCUT2D eigenvalue weighted by atomic mass is 10.00. The molecule has 2 rings (SSSR count). The predicted octanol–water partition coefficient (Wildman–Crippen LogP) is 2.85. The minimum absolute atomic E-state index is 0.00275. The summed E-state index contributed by atoms with van der Waals surface area (Å²) in [4.78, 5) is 0. The van der Waals surface area contributed by atoms with Crippen LogP contribution >= 0.6 is 0 Å². The molecule has 2 unspecified atom stereocenters. The van der Waals surface area contributed by atoms with E-state index in [1.807, 2.05) is 12.1 Å². The molecule has 1 fully saturated rings. The molecule has 16 heavy (non-hydrogen) atoms. The maximum Gasteiger partial charge on any atom is 0.105 e. The van der Waals surface area contributed by atoms with Gasteiger partial charge >= 0.3 is 0 Å². The van der Waals surface area contributed by atoms with E-state index in [1.54, 1.807) is 0 Å². The van der Waals surface area contributed by atoms with Crippen LogP contribution in [0.25, 0.3) is 0 Å².